The van der Waals surface area contributed by atoms with E-state index in [1.54, 1.807) is 0 Å². The van der Waals surface area contributed by atoms with Crippen LogP contribution in [0.3, 0.4) is 0 Å². The van der Waals surface area contributed by atoms with Crippen LogP contribution in [0.4, 0.5) is 0 Å². The zero-order valence-electron chi connectivity index (χ0n) is 11.6. The molecule has 0 radical (unpaired) electrons. The van der Waals surface area contributed by atoms with Crippen LogP contribution in [-0.4, -0.2) is 4.98 Å². The summed E-state index contributed by atoms with van der Waals surface area (Å²) in [5.74, 6) is 0. The van der Waals surface area contributed by atoms with Gasteiger partial charge in [0, 0.05) is 16.2 Å². The quantitative estimate of drug-likeness (QED) is 0.313. The van der Waals surface area contributed by atoms with Gasteiger partial charge in [-0.1, -0.05) is 48.5 Å². The number of aromatic nitrogens is 1. The smallest absolute Gasteiger partial charge is 0.0790 e. The molecule has 4 aromatic rings. The number of benzene rings is 3. The van der Waals surface area contributed by atoms with Gasteiger partial charge in [0.05, 0.1) is 11.0 Å². The van der Waals surface area contributed by atoms with Gasteiger partial charge < -0.3 is 0 Å². The van der Waals surface area contributed by atoms with E-state index in [0.717, 1.165) is 11.0 Å². The minimum Gasteiger partial charge on any atom is -0.247 e. The number of nitrogens with zero attached hydrogens (tertiary/aromatic N) is 1. The fourth-order valence-corrected chi connectivity index (χ4v) is 3.17. The van der Waals surface area contributed by atoms with Crippen molar-refractivity contribution in [1.82, 2.24) is 4.98 Å². The predicted molar refractivity (Wildman–Crippen MR) is 86.2 cm³/mol. The summed E-state index contributed by atoms with van der Waals surface area (Å²) in [7, 11) is 0. The lowest BCUT2D eigenvalue weighted by Crippen LogP contribution is -1.91. The predicted octanol–water partition coefficient (Wildman–Crippen LogP) is 5.16. The van der Waals surface area contributed by atoms with E-state index >= 15 is 0 Å². The first-order chi connectivity index (χ1) is 9.75. The molecule has 0 saturated heterocycles. The van der Waals surface area contributed by atoms with Gasteiger partial charge in [-0.2, -0.15) is 0 Å². The SMILES string of the molecule is Cc1cccc2nc3c(ccc4ccccc43)c(C)c12. The molecule has 1 nitrogen and oxygen atoms in total. The summed E-state index contributed by atoms with van der Waals surface area (Å²) in [4.78, 5) is 4.93. The molecule has 0 fully saturated rings. The summed E-state index contributed by atoms with van der Waals surface area (Å²) in [5.41, 5.74) is 4.82. The first-order valence-corrected chi connectivity index (χ1v) is 6.93. The van der Waals surface area contributed by atoms with Crippen molar-refractivity contribution in [2.75, 3.05) is 0 Å². The van der Waals surface area contributed by atoms with Crippen molar-refractivity contribution >= 4 is 32.6 Å². The van der Waals surface area contributed by atoms with Crippen LogP contribution in [0.15, 0.2) is 54.6 Å². The molecule has 0 N–H and O–H groups in total. The Balaban J connectivity index is 2.32. The highest BCUT2D eigenvalue weighted by atomic mass is 14.7. The lowest BCUT2D eigenvalue weighted by Gasteiger charge is -2.11. The van der Waals surface area contributed by atoms with E-state index in [1.807, 2.05) is 0 Å². The Kier molecular flexibility index (Phi) is 2.31. The molecule has 0 aliphatic rings. The third kappa shape index (κ3) is 1.47. The second-order valence-corrected chi connectivity index (χ2v) is 5.39. The average Bonchev–Trinajstić information content (AvgIpc) is 2.47. The molecular weight excluding hydrogens is 242 g/mol. The highest BCUT2D eigenvalue weighted by molar-refractivity contribution is 6.10. The van der Waals surface area contributed by atoms with Gasteiger partial charge in [-0.15, -0.1) is 0 Å². The summed E-state index contributed by atoms with van der Waals surface area (Å²) < 4.78 is 0. The minimum atomic E-state index is 1.09. The Bertz CT molecular complexity index is 967. The van der Waals surface area contributed by atoms with Crippen LogP contribution < -0.4 is 0 Å². The second-order valence-electron chi connectivity index (χ2n) is 5.39. The molecule has 0 unspecified atom stereocenters. The molecule has 0 spiro atoms. The summed E-state index contributed by atoms with van der Waals surface area (Å²) in [6.07, 6.45) is 0. The molecule has 4 rings (SSSR count). The van der Waals surface area contributed by atoms with Gasteiger partial charge >= 0.3 is 0 Å². The number of hydrogen-bond donors (Lipinski definition) is 0. The van der Waals surface area contributed by atoms with Gasteiger partial charge in [0.15, 0.2) is 0 Å². The van der Waals surface area contributed by atoms with Crippen molar-refractivity contribution in [2.24, 2.45) is 0 Å². The van der Waals surface area contributed by atoms with Crippen LogP contribution in [0.1, 0.15) is 11.1 Å². The molecule has 3 aromatic carbocycles. The van der Waals surface area contributed by atoms with E-state index in [2.05, 4.69) is 68.4 Å². The molecule has 0 aliphatic carbocycles. The summed E-state index contributed by atoms with van der Waals surface area (Å²) in [6, 6.07) is 19.2. The van der Waals surface area contributed by atoms with Gasteiger partial charge in [-0.05, 0) is 36.4 Å². The topological polar surface area (TPSA) is 12.9 Å². The molecule has 0 amide bonds. The monoisotopic (exact) mass is 257 g/mol. The standard InChI is InChI=1S/C19H15N/c1-12-6-5-9-17-18(12)13(2)15-11-10-14-7-3-4-8-16(14)19(15)20-17/h3-11H,1-2H3. The fraction of sp³-hybridized carbons (Fsp3) is 0.105. The third-order valence-electron chi connectivity index (χ3n) is 4.16. The summed E-state index contributed by atoms with van der Waals surface area (Å²) in [6.45, 7) is 4.36. The molecule has 0 aliphatic heterocycles. The highest BCUT2D eigenvalue weighted by Gasteiger charge is 2.09. The van der Waals surface area contributed by atoms with Crippen LogP contribution in [0.25, 0.3) is 32.6 Å². The molecule has 0 saturated carbocycles. The number of fused-ring (bicyclic) bond motifs is 4. The number of rotatable bonds is 0. The number of aryl methyl sites for hydroxylation is 2. The van der Waals surface area contributed by atoms with Crippen molar-refractivity contribution in [3.63, 3.8) is 0 Å². The molecular formula is C19H15N. The maximum absolute atomic E-state index is 4.93. The average molecular weight is 257 g/mol. The molecule has 96 valence electrons. The van der Waals surface area contributed by atoms with Crippen molar-refractivity contribution in [3.8, 4) is 0 Å². The molecule has 1 heteroatoms. The van der Waals surface area contributed by atoms with Crippen LogP contribution in [0, 0.1) is 13.8 Å². The zero-order valence-corrected chi connectivity index (χ0v) is 11.6. The summed E-state index contributed by atoms with van der Waals surface area (Å²) in [5, 5.41) is 5.02. The van der Waals surface area contributed by atoms with Crippen LogP contribution in [0.2, 0.25) is 0 Å². The molecule has 0 atom stereocenters. The zero-order chi connectivity index (χ0) is 13.7. The lowest BCUT2D eigenvalue weighted by molar-refractivity contribution is 1.42. The Morgan fingerprint density at radius 3 is 2.50 bits per heavy atom. The number of pyridine rings is 1. The van der Waals surface area contributed by atoms with Crippen LogP contribution in [-0.2, 0) is 0 Å². The third-order valence-corrected chi connectivity index (χ3v) is 4.16. The second kappa shape index (κ2) is 4.04. The van der Waals surface area contributed by atoms with Crippen molar-refractivity contribution in [2.45, 2.75) is 13.8 Å². The van der Waals surface area contributed by atoms with Gasteiger partial charge in [-0.3, -0.25) is 0 Å². The van der Waals surface area contributed by atoms with Crippen molar-refractivity contribution in [1.29, 1.82) is 0 Å². The maximum atomic E-state index is 4.93. The van der Waals surface area contributed by atoms with E-state index in [-0.39, 0.29) is 0 Å². The van der Waals surface area contributed by atoms with Crippen molar-refractivity contribution < 1.29 is 0 Å². The molecule has 0 bridgehead atoms. The van der Waals surface area contributed by atoms with Gasteiger partial charge in [0.2, 0.25) is 0 Å². The molecule has 1 aromatic heterocycles. The van der Waals surface area contributed by atoms with Crippen molar-refractivity contribution in [3.05, 3.63) is 65.7 Å². The molecule has 1 heterocycles. The van der Waals surface area contributed by atoms with Gasteiger partial charge in [-0.25, -0.2) is 4.98 Å². The Morgan fingerprint density at radius 2 is 1.60 bits per heavy atom. The van der Waals surface area contributed by atoms with Gasteiger partial charge in [0.1, 0.15) is 0 Å². The normalized spacial score (nSPS) is 11.5. The largest absolute Gasteiger partial charge is 0.247 e. The van der Waals surface area contributed by atoms with Gasteiger partial charge in [0.25, 0.3) is 0 Å². The highest BCUT2D eigenvalue weighted by Crippen LogP contribution is 2.31. The Labute approximate surface area is 117 Å². The maximum Gasteiger partial charge on any atom is 0.0790 e. The Hall–Kier alpha value is -2.41. The van der Waals surface area contributed by atoms with E-state index in [9.17, 15) is 0 Å². The first kappa shape index (κ1) is 11.4. The van der Waals surface area contributed by atoms with E-state index in [0.29, 0.717) is 0 Å². The first-order valence-electron chi connectivity index (χ1n) is 6.93. The van der Waals surface area contributed by atoms with E-state index in [1.165, 1.54) is 32.7 Å². The fourth-order valence-electron chi connectivity index (χ4n) is 3.17. The molecule has 20 heavy (non-hydrogen) atoms. The van der Waals surface area contributed by atoms with E-state index in [4.69, 9.17) is 4.98 Å². The minimum absolute atomic E-state index is 1.09. The van der Waals surface area contributed by atoms with E-state index < -0.39 is 0 Å². The van der Waals surface area contributed by atoms with Crippen LogP contribution >= 0.6 is 0 Å². The lowest BCUT2D eigenvalue weighted by atomic mass is 9.98. The van der Waals surface area contributed by atoms with Crippen LogP contribution in [0.5, 0.6) is 0 Å². The summed E-state index contributed by atoms with van der Waals surface area (Å²) >= 11 is 0. The Morgan fingerprint density at radius 1 is 0.750 bits per heavy atom. The number of hydrogen-bond acceptors (Lipinski definition) is 1.